The molecule has 0 unspecified atom stereocenters. The van der Waals surface area contributed by atoms with Crippen molar-refractivity contribution in [2.75, 3.05) is 0 Å². The molecule has 2 rings (SSSR count). The van der Waals surface area contributed by atoms with Crippen molar-refractivity contribution in [3.63, 3.8) is 0 Å². The predicted molar refractivity (Wildman–Crippen MR) is 79.1 cm³/mol. The number of nitro benzene ring substituents is 1. The van der Waals surface area contributed by atoms with E-state index in [0.29, 0.717) is 34.2 Å². The van der Waals surface area contributed by atoms with Crippen LogP contribution in [0.3, 0.4) is 0 Å². The Morgan fingerprint density at radius 2 is 2.20 bits per heavy atom. The fourth-order valence-corrected chi connectivity index (χ4v) is 2.22. The maximum atomic E-state index is 11.0. The minimum Gasteiger partial charge on any atom is -0.300 e. The van der Waals surface area contributed by atoms with Crippen LogP contribution in [0, 0.1) is 27.7 Å². The molecule has 1 N–H and O–H groups in total. The van der Waals surface area contributed by atoms with E-state index in [4.69, 9.17) is 12.2 Å². The first-order valence-corrected chi connectivity index (χ1v) is 6.71. The van der Waals surface area contributed by atoms with E-state index in [-0.39, 0.29) is 10.6 Å². The molecule has 1 heterocycles. The van der Waals surface area contributed by atoms with Crippen LogP contribution in [0.1, 0.15) is 19.4 Å². The lowest BCUT2D eigenvalue weighted by atomic mass is 10.1. The zero-order chi connectivity index (χ0) is 14.9. The van der Waals surface area contributed by atoms with Crippen molar-refractivity contribution < 1.29 is 4.92 Å². The highest BCUT2D eigenvalue weighted by Crippen LogP contribution is 2.26. The molecule has 0 aliphatic rings. The lowest BCUT2D eigenvalue weighted by molar-refractivity contribution is -0.385. The summed E-state index contributed by atoms with van der Waals surface area (Å²) in [4.78, 5) is 10.6. The molecule has 0 saturated heterocycles. The number of aryl methyl sites for hydroxylation is 1. The van der Waals surface area contributed by atoms with Crippen LogP contribution in [0.25, 0.3) is 11.4 Å². The Morgan fingerprint density at radius 1 is 1.50 bits per heavy atom. The SMILES string of the molecule is Cc1ccc(-c2n[nH]c(=S)n2CC(C)C)cc1[N+](=O)[O-]. The molecule has 0 atom stereocenters. The van der Waals surface area contributed by atoms with E-state index in [1.807, 2.05) is 10.6 Å². The molecule has 6 nitrogen and oxygen atoms in total. The van der Waals surface area contributed by atoms with Gasteiger partial charge in [0.05, 0.1) is 4.92 Å². The quantitative estimate of drug-likeness (QED) is 0.531. The summed E-state index contributed by atoms with van der Waals surface area (Å²) in [7, 11) is 0. The van der Waals surface area contributed by atoms with Gasteiger partial charge in [0.1, 0.15) is 0 Å². The van der Waals surface area contributed by atoms with Gasteiger partial charge in [0.25, 0.3) is 5.69 Å². The summed E-state index contributed by atoms with van der Waals surface area (Å²) < 4.78 is 2.39. The second-order valence-corrected chi connectivity index (χ2v) is 5.50. The van der Waals surface area contributed by atoms with Crippen molar-refractivity contribution in [2.24, 2.45) is 5.92 Å². The molecule has 20 heavy (non-hydrogen) atoms. The van der Waals surface area contributed by atoms with Crippen LogP contribution in [0.2, 0.25) is 0 Å². The molecule has 106 valence electrons. The topological polar surface area (TPSA) is 76.8 Å². The summed E-state index contributed by atoms with van der Waals surface area (Å²) in [6.07, 6.45) is 0. The standard InChI is InChI=1S/C13H16N4O2S/c1-8(2)7-16-12(14-15-13(16)20)10-5-4-9(3)11(6-10)17(18)19/h4-6,8H,7H2,1-3H3,(H,15,20). The zero-order valence-electron chi connectivity index (χ0n) is 11.6. The number of rotatable bonds is 4. The largest absolute Gasteiger partial charge is 0.300 e. The van der Waals surface area contributed by atoms with Gasteiger partial charge < -0.3 is 0 Å². The normalized spacial score (nSPS) is 11.0. The molecule has 0 amide bonds. The molecule has 0 saturated carbocycles. The third-order valence-corrected chi connectivity index (χ3v) is 3.28. The van der Waals surface area contributed by atoms with Crippen molar-refractivity contribution in [1.29, 1.82) is 0 Å². The second kappa shape index (κ2) is 5.54. The van der Waals surface area contributed by atoms with Crippen LogP contribution < -0.4 is 0 Å². The maximum Gasteiger partial charge on any atom is 0.273 e. The van der Waals surface area contributed by atoms with E-state index in [9.17, 15) is 10.1 Å². The molecule has 0 spiro atoms. The highest BCUT2D eigenvalue weighted by molar-refractivity contribution is 7.71. The Balaban J connectivity index is 2.55. The summed E-state index contributed by atoms with van der Waals surface area (Å²) in [6.45, 7) is 6.59. The average Bonchev–Trinajstić information content (AvgIpc) is 2.71. The number of benzene rings is 1. The van der Waals surface area contributed by atoms with Gasteiger partial charge in [0.2, 0.25) is 0 Å². The third kappa shape index (κ3) is 2.77. The predicted octanol–water partition coefficient (Wildman–Crippen LogP) is 3.48. The number of hydrogen-bond acceptors (Lipinski definition) is 4. The summed E-state index contributed by atoms with van der Waals surface area (Å²) in [5.41, 5.74) is 1.41. The second-order valence-electron chi connectivity index (χ2n) is 5.12. The van der Waals surface area contributed by atoms with Crippen LogP contribution in [0.4, 0.5) is 5.69 Å². The number of nitro groups is 1. The van der Waals surface area contributed by atoms with Gasteiger partial charge in [-0.25, -0.2) is 0 Å². The highest BCUT2D eigenvalue weighted by Gasteiger charge is 2.16. The van der Waals surface area contributed by atoms with Crippen LogP contribution in [0.5, 0.6) is 0 Å². The van der Waals surface area contributed by atoms with E-state index < -0.39 is 0 Å². The van der Waals surface area contributed by atoms with Crippen molar-refractivity contribution in [2.45, 2.75) is 27.3 Å². The fourth-order valence-electron chi connectivity index (χ4n) is 2.02. The summed E-state index contributed by atoms with van der Waals surface area (Å²) in [5, 5.41) is 18.0. The molecule has 0 bridgehead atoms. The number of nitrogens with one attached hydrogen (secondary N) is 1. The molecule has 0 aliphatic carbocycles. The van der Waals surface area contributed by atoms with Gasteiger partial charge in [-0.2, -0.15) is 5.10 Å². The molecule has 2 aromatic rings. The van der Waals surface area contributed by atoms with Crippen LogP contribution in [0.15, 0.2) is 18.2 Å². The monoisotopic (exact) mass is 292 g/mol. The first-order chi connectivity index (χ1) is 9.40. The Bertz CT molecular complexity index is 703. The Hall–Kier alpha value is -2.02. The molecule has 0 radical (unpaired) electrons. The van der Waals surface area contributed by atoms with E-state index >= 15 is 0 Å². The molecule has 1 aromatic heterocycles. The summed E-state index contributed by atoms with van der Waals surface area (Å²) in [5.74, 6) is 1.03. The van der Waals surface area contributed by atoms with Gasteiger partial charge in [-0.1, -0.05) is 26.0 Å². The van der Waals surface area contributed by atoms with Crippen molar-refractivity contribution in [3.05, 3.63) is 38.6 Å². The lowest BCUT2D eigenvalue weighted by Gasteiger charge is -2.09. The number of hydrogen-bond donors (Lipinski definition) is 1. The molecular formula is C13H16N4O2S. The summed E-state index contributed by atoms with van der Waals surface area (Å²) in [6, 6.07) is 5.09. The Morgan fingerprint density at radius 3 is 2.80 bits per heavy atom. The molecule has 1 aromatic carbocycles. The number of aromatic amines is 1. The maximum absolute atomic E-state index is 11.0. The van der Waals surface area contributed by atoms with Gasteiger partial charge in [-0.15, -0.1) is 0 Å². The third-order valence-electron chi connectivity index (χ3n) is 2.97. The van der Waals surface area contributed by atoms with Crippen molar-refractivity contribution >= 4 is 17.9 Å². The van der Waals surface area contributed by atoms with Crippen LogP contribution in [-0.2, 0) is 6.54 Å². The summed E-state index contributed by atoms with van der Waals surface area (Å²) >= 11 is 5.21. The Kier molecular flexibility index (Phi) is 3.99. The average molecular weight is 292 g/mol. The van der Waals surface area contributed by atoms with E-state index in [1.165, 1.54) is 6.07 Å². The van der Waals surface area contributed by atoms with E-state index in [2.05, 4.69) is 24.0 Å². The first kappa shape index (κ1) is 14.4. The highest BCUT2D eigenvalue weighted by atomic mass is 32.1. The fraction of sp³-hybridized carbons (Fsp3) is 0.385. The van der Waals surface area contributed by atoms with Gasteiger partial charge in [0.15, 0.2) is 10.6 Å². The minimum atomic E-state index is -0.382. The lowest BCUT2D eigenvalue weighted by Crippen LogP contribution is -2.06. The number of H-pyrrole nitrogens is 1. The molecule has 7 heteroatoms. The molecule has 0 aliphatic heterocycles. The van der Waals surface area contributed by atoms with Gasteiger partial charge in [0, 0.05) is 23.7 Å². The van der Waals surface area contributed by atoms with Crippen molar-refractivity contribution in [3.8, 4) is 11.4 Å². The van der Waals surface area contributed by atoms with Gasteiger partial charge >= 0.3 is 0 Å². The van der Waals surface area contributed by atoms with E-state index in [1.54, 1.807) is 13.0 Å². The molecular weight excluding hydrogens is 276 g/mol. The Labute approximate surface area is 121 Å². The molecule has 0 fully saturated rings. The van der Waals surface area contributed by atoms with E-state index in [0.717, 1.165) is 0 Å². The number of aromatic nitrogens is 3. The van der Waals surface area contributed by atoms with Crippen molar-refractivity contribution in [1.82, 2.24) is 14.8 Å². The van der Waals surface area contributed by atoms with Gasteiger partial charge in [-0.05, 0) is 25.1 Å². The zero-order valence-corrected chi connectivity index (χ0v) is 12.4. The van der Waals surface area contributed by atoms with Gasteiger partial charge in [-0.3, -0.25) is 19.8 Å². The number of nitrogens with zero attached hydrogens (tertiary/aromatic N) is 3. The van der Waals surface area contributed by atoms with Crippen LogP contribution >= 0.6 is 12.2 Å². The first-order valence-electron chi connectivity index (χ1n) is 6.30. The smallest absolute Gasteiger partial charge is 0.273 e. The minimum absolute atomic E-state index is 0.0903. The van der Waals surface area contributed by atoms with Crippen LogP contribution in [-0.4, -0.2) is 19.7 Å².